The third kappa shape index (κ3) is 8.77. The molecule has 0 spiro atoms. The minimum absolute atomic E-state index is 0.0278. The van der Waals surface area contributed by atoms with Crippen molar-refractivity contribution in [3.05, 3.63) is 71.9 Å². The normalized spacial score (nSPS) is 14.1. The molecule has 3 amide bonds. The largest absolute Gasteiger partial charge is 0.480 e. The molecule has 10 nitrogen and oxygen atoms in total. The van der Waals surface area contributed by atoms with Crippen LogP contribution in [0.2, 0.25) is 0 Å². The number of thiol groups is 1. The predicted octanol–water partition coefficient (Wildman–Crippen LogP) is 1.50. The first-order valence-corrected chi connectivity index (χ1v) is 14.8. The van der Waals surface area contributed by atoms with E-state index in [1.165, 1.54) is 0 Å². The number of aromatic nitrogens is 1. The summed E-state index contributed by atoms with van der Waals surface area (Å²) in [5.41, 5.74) is 8.30. The fraction of sp³-hybridized carbons (Fsp3) is 0.357. The van der Waals surface area contributed by atoms with E-state index in [1.54, 1.807) is 42.2 Å². The molecule has 7 N–H and O–H groups in total. The van der Waals surface area contributed by atoms with Crippen molar-refractivity contribution in [1.29, 1.82) is 0 Å². The number of amides is 3. The third-order valence-corrected chi connectivity index (χ3v) is 7.42. The van der Waals surface area contributed by atoms with E-state index in [-0.39, 0.29) is 18.6 Å². The Morgan fingerprint density at radius 1 is 0.900 bits per heavy atom. The number of carboxylic acid groups (broad SMARTS) is 1. The van der Waals surface area contributed by atoms with Gasteiger partial charge in [0.2, 0.25) is 17.7 Å². The quantitative estimate of drug-likeness (QED) is 0.133. The summed E-state index contributed by atoms with van der Waals surface area (Å²) >= 11 is 5.77. The highest BCUT2D eigenvalue weighted by atomic mass is 32.2. The van der Waals surface area contributed by atoms with Crippen molar-refractivity contribution < 1.29 is 24.3 Å². The lowest BCUT2D eigenvalue weighted by molar-refractivity contribution is -0.142. The molecule has 1 heterocycles. The number of carbonyl (C=O) groups is 4. The van der Waals surface area contributed by atoms with E-state index < -0.39 is 47.9 Å². The zero-order valence-electron chi connectivity index (χ0n) is 22.1. The summed E-state index contributed by atoms with van der Waals surface area (Å²) in [6.07, 6.45) is 4.25. The van der Waals surface area contributed by atoms with Gasteiger partial charge in [0.05, 0.1) is 6.04 Å². The Bertz CT molecular complexity index is 1300. The number of H-pyrrole nitrogens is 1. The molecule has 0 saturated carbocycles. The van der Waals surface area contributed by atoms with E-state index in [0.29, 0.717) is 12.2 Å². The van der Waals surface area contributed by atoms with Crippen LogP contribution in [0.15, 0.2) is 60.8 Å². The molecule has 0 saturated heterocycles. The number of hydrogen-bond donors (Lipinski definition) is 7. The van der Waals surface area contributed by atoms with Crippen LogP contribution in [0.25, 0.3) is 10.9 Å². The van der Waals surface area contributed by atoms with E-state index in [9.17, 15) is 24.3 Å². The smallest absolute Gasteiger partial charge is 0.326 e. The summed E-state index contributed by atoms with van der Waals surface area (Å²) in [7, 11) is 0. The zero-order valence-corrected chi connectivity index (χ0v) is 23.8. The SMILES string of the molecule is CSCCC(N)C(=O)NC(CS)C(=O)NC(Cc1c[nH]c2ccccc12)C(=O)NC(Cc1ccccc1)C(=O)O. The molecular weight excluding hydrogens is 550 g/mol. The van der Waals surface area contributed by atoms with Crippen molar-refractivity contribution in [2.75, 3.05) is 17.8 Å². The highest BCUT2D eigenvalue weighted by molar-refractivity contribution is 7.98. The lowest BCUT2D eigenvalue weighted by Crippen LogP contribution is -2.58. The third-order valence-electron chi connectivity index (χ3n) is 6.41. The Morgan fingerprint density at radius 3 is 2.20 bits per heavy atom. The fourth-order valence-corrected chi connectivity index (χ4v) is 4.92. The Balaban J connectivity index is 1.80. The molecule has 214 valence electrons. The van der Waals surface area contributed by atoms with Crippen LogP contribution in [-0.4, -0.2) is 75.7 Å². The van der Waals surface area contributed by atoms with Gasteiger partial charge in [-0.15, -0.1) is 0 Å². The number of nitrogens with one attached hydrogen (secondary N) is 4. The molecule has 3 rings (SSSR count). The maximum atomic E-state index is 13.5. The van der Waals surface area contributed by atoms with Gasteiger partial charge in [0, 0.05) is 35.7 Å². The topological polar surface area (TPSA) is 166 Å². The number of aromatic amines is 1. The van der Waals surface area contributed by atoms with Crippen molar-refractivity contribution in [3.8, 4) is 0 Å². The summed E-state index contributed by atoms with van der Waals surface area (Å²) in [5, 5.41) is 18.6. The minimum Gasteiger partial charge on any atom is -0.480 e. The molecule has 0 aliphatic carbocycles. The summed E-state index contributed by atoms with van der Waals surface area (Å²) in [4.78, 5) is 54.4. The second-order valence-corrected chi connectivity index (χ2v) is 10.7. The fourth-order valence-electron chi connectivity index (χ4n) is 4.17. The van der Waals surface area contributed by atoms with Gasteiger partial charge in [0.25, 0.3) is 0 Å². The van der Waals surface area contributed by atoms with E-state index >= 15 is 0 Å². The number of rotatable bonds is 15. The predicted molar refractivity (Wildman–Crippen MR) is 160 cm³/mol. The molecular formula is C28H35N5O5S2. The lowest BCUT2D eigenvalue weighted by atomic mass is 10.0. The maximum absolute atomic E-state index is 13.5. The van der Waals surface area contributed by atoms with Gasteiger partial charge in [0.1, 0.15) is 18.1 Å². The number of thioether (sulfide) groups is 1. The van der Waals surface area contributed by atoms with Crippen molar-refractivity contribution in [2.45, 2.75) is 43.4 Å². The lowest BCUT2D eigenvalue weighted by Gasteiger charge is -2.24. The molecule has 40 heavy (non-hydrogen) atoms. The second kappa shape index (κ2) is 15.3. The van der Waals surface area contributed by atoms with Gasteiger partial charge >= 0.3 is 5.97 Å². The molecule has 0 aliphatic rings. The number of fused-ring (bicyclic) bond motifs is 1. The van der Waals surface area contributed by atoms with Crippen molar-refractivity contribution >= 4 is 59.0 Å². The second-order valence-electron chi connectivity index (χ2n) is 9.35. The van der Waals surface area contributed by atoms with E-state index in [4.69, 9.17) is 5.73 Å². The van der Waals surface area contributed by atoms with Crippen LogP contribution in [0.4, 0.5) is 0 Å². The van der Waals surface area contributed by atoms with E-state index in [0.717, 1.165) is 22.0 Å². The first kappa shape index (κ1) is 31.1. The molecule has 4 unspecified atom stereocenters. The van der Waals surface area contributed by atoms with Gasteiger partial charge < -0.3 is 31.8 Å². The van der Waals surface area contributed by atoms with Gasteiger partial charge in [-0.05, 0) is 35.6 Å². The van der Waals surface area contributed by atoms with Crippen molar-refractivity contribution in [3.63, 3.8) is 0 Å². The number of nitrogens with two attached hydrogens (primary N) is 1. The molecule has 0 bridgehead atoms. The van der Waals surface area contributed by atoms with Crippen LogP contribution < -0.4 is 21.7 Å². The van der Waals surface area contributed by atoms with Crippen LogP contribution in [0.1, 0.15) is 17.5 Å². The molecule has 0 fully saturated rings. The number of aliphatic carboxylic acids is 1. The number of para-hydroxylation sites is 1. The number of hydrogen-bond acceptors (Lipinski definition) is 7. The van der Waals surface area contributed by atoms with E-state index in [2.05, 4.69) is 33.6 Å². The van der Waals surface area contributed by atoms with Crippen LogP contribution in [0.3, 0.4) is 0 Å². The van der Waals surface area contributed by atoms with Crippen LogP contribution in [-0.2, 0) is 32.0 Å². The Labute approximate surface area is 242 Å². The van der Waals surface area contributed by atoms with Crippen molar-refractivity contribution in [2.24, 2.45) is 5.73 Å². The highest BCUT2D eigenvalue weighted by Gasteiger charge is 2.30. The molecule has 0 aliphatic heterocycles. The number of carboxylic acids is 1. The van der Waals surface area contributed by atoms with Gasteiger partial charge in [-0.2, -0.15) is 24.4 Å². The van der Waals surface area contributed by atoms with Crippen LogP contribution in [0.5, 0.6) is 0 Å². The summed E-state index contributed by atoms with van der Waals surface area (Å²) in [6, 6.07) is 12.3. The standard InChI is InChI=1S/C28H35N5O5S2/c1-40-12-11-20(29)25(34)33-24(16-39)27(36)31-22(14-18-15-30-21-10-6-5-9-19(18)21)26(35)32-23(28(37)38)13-17-7-3-2-4-8-17/h2-10,15,20,22-24,30,39H,11-14,16,29H2,1H3,(H,31,36)(H,32,35)(H,33,34)(H,37,38). The van der Waals surface area contributed by atoms with Gasteiger partial charge in [-0.25, -0.2) is 4.79 Å². The number of carbonyl (C=O) groups excluding carboxylic acids is 3. The summed E-state index contributed by atoms with van der Waals surface area (Å²) < 4.78 is 0. The van der Waals surface area contributed by atoms with Gasteiger partial charge in [-0.1, -0.05) is 48.5 Å². The maximum Gasteiger partial charge on any atom is 0.326 e. The van der Waals surface area contributed by atoms with Gasteiger partial charge in [-0.3, -0.25) is 14.4 Å². The number of benzene rings is 2. The summed E-state index contributed by atoms with van der Waals surface area (Å²) in [6.45, 7) is 0. The molecule has 12 heteroatoms. The van der Waals surface area contributed by atoms with Gasteiger partial charge in [0.15, 0.2) is 0 Å². The first-order valence-electron chi connectivity index (χ1n) is 12.8. The molecule has 0 radical (unpaired) electrons. The van der Waals surface area contributed by atoms with E-state index in [1.807, 2.05) is 36.6 Å². The minimum atomic E-state index is -1.22. The summed E-state index contributed by atoms with van der Waals surface area (Å²) in [5.74, 6) is -2.32. The average Bonchev–Trinajstić information content (AvgIpc) is 3.36. The van der Waals surface area contributed by atoms with Crippen LogP contribution >= 0.6 is 24.4 Å². The molecule has 2 aromatic carbocycles. The average molecular weight is 586 g/mol. The molecule has 3 aromatic rings. The van der Waals surface area contributed by atoms with Crippen LogP contribution in [0, 0.1) is 0 Å². The monoisotopic (exact) mass is 585 g/mol. The zero-order chi connectivity index (χ0) is 29.1. The van der Waals surface area contributed by atoms with Crippen molar-refractivity contribution in [1.82, 2.24) is 20.9 Å². The Kier molecular flexibility index (Phi) is 11.9. The first-order chi connectivity index (χ1) is 19.2. The molecule has 1 aromatic heterocycles. The Morgan fingerprint density at radius 2 is 1.52 bits per heavy atom. The molecule has 4 atom stereocenters. The highest BCUT2D eigenvalue weighted by Crippen LogP contribution is 2.19. The Hall–Kier alpha value is -3.48.